The normalized spacial score (nSPS) is 13.2. The van der Waals surface area contributed by atoms with E-state index in [1.165, 1.54) is 0 Å². The number of benzene rings is 1. The first kappa shape index (κ1) is 13.1. The largest absolute Gasteiger partial charge is 0.454 e. The van der Waals surface area contributed by atoms with Gasteiger partial charge in [0.1, 0.15) is 5.82 Å². The predicted molar refractivity (Wildman–Crippen MR) is 78.3 cm³/mol. The Morgan fingerprint density at radius 1 is 1.40 bits per heavy atom. The number of aryl methyl sites for hydroxylation is 1. The van der Waals surface area contributed by atoms with E-state index in [2.05, 4.69) is 18.9 Å². The van der Waals surface area contributed by atoms with Crippen molar-refractivity contribution in [1.82, 2.24) is 9.78 Å². The summed E-state index contributed by atoms with van der Waals surface area (Å²) >= 11 is 6.44. The molecule has 20 heavy (non-hydrogen) atoms. The summed E-state index contributed by atoms with van der Waals surface area (Å²) in [5.74, 6) is 2.24. The molecule has 5 nitrogen and oxygen atoms in total. The van der Waals surface area contributed by atoms with Gasteiger partial charge in [-0.1, -0.05) is 25.4 Å². The van der Waals surface area contributed by atoms with Crippen LogP contribution in [-0.4, -0.2) is 16.6 Å². The number of anilines is 1. The summed E-state index contributed by atoms with van der Waals surface area (Å²) in [5.41, 5.74) is 8.78. The van der Waals surface area contributed by atoms with Crippen LogP contribution in [0.4, 0.5) is 5.82 Å². The summed E-state index contributed by atoms with van der Waals surface area (Å²) in [5, 5.41) is 4.78. The van der Waals surface area contributed by atoms with E-state index in [-0.39, 0.29) is 12.7 Å². The van der Waals surface area contributed by atoms with Crippen LogP contribution in [0.1, 0.15) is 25.3 Å². The Bertz CT molecular complexity index is 680. The maximum absolute atomic E-state index is 6.44. The monoisotopic (exact) mass is 293 g/mol. The van der Waals surface area contributed by atoms with Crippen molar-refractivity contribution >= 4 is 17.4 Å². The molecule has 1 aliphatic heterocycles. The third-order valence-electron chi connectivity index (χ3n) is 3.48. The minimum absolute atomic E-state index is 0.220. The van der Waals surface area contributed by atoms with Gasteiger partial charge in [0.25, 0.3) is 0 Å². The fraction of sp³-hybridized carbons (Fsp3) is 0.357. The van der Waals surface area contributed by atoms with E-state index >= 15 is 0 Å². The van der Waals surface area contributed by atoms with Crippen molar-refractivity contribution in [2.45, 2.75) is 19.8 Å². The van der Waals surface area contributed by atoms with Gasteiger partial charge in [0.15, 0.2) is 11.5 Å². The van der Waals surface area contributed by atoms with Crippen LogP contribution in [0.15, 0.2) is 12.3 Å². The molecule has 2 heterocycles. The van der Waals surface area contributed by atoms with E-state index in [0.29, 0.717) is 16.6 Å². The second-order valence-corrected chi connectivity index (χ2v) is 5.51. The van der Waals surface area contributed by atoms with Crippen LogP contribution in [0, 0.1) is 0 Å². The molecule has 106 valence electrons. The molecule has 1 aromatic heterocycles. The van der Waals surface area contributed by atoms with E-state index in [9.17, 15) is 0 Å². The third kappa shape index (κ3) is 1.81. The predicted octanol–water partition coefficient (Wildman–Crippen LogP) is 3.17. The highest BCUT2D eigenvalue weighted by molar-refractivity contribution is 6.34. The average molecular weight is 294 g/mol. The van der Waals surface area contributed by atoms with Crippen molar-refractivity contribution in [2.24, 2.45) is 7.05 Å². The summed E-state index contributed by atoms with van der Waals surface area (Å²) < 4.78 is 12.7. The molecule has 0 fully saturated rings. The molecule has 0 atom stereocenters. The highest BCUT2D eigenvalue weighted by Gasteiger charge is 2.27. The molecule has 0 amide bonds. The number of hydrogen-bond donors (Lipinski definition) is 1. The Labute approximate surface area is 122 Å². The van der Waals surface area contributed by atoms with Gasteiger partial charge >= 0.3 is 0 Å². The van der Waals surface area contributed by atoms with Crippen molar-refractivity contribution in [3.8, 4) is 22.6 Å². The van der Waals surface area contributed by atoms with Gasteiger partial charge in [-0.2, -0.15) is 5.10 Å². The van der Waals surface area contributed by atoms with Gasteiger partial charge in [-0.3, -0.25) is 4.68 Å². The van der Waals surface area contributed by atoms with Crippen molar-refractivity contribution in [1.29, 1.82) is 0 Å². The summed E-state index contributed by atoms with van der Waals surface area (Å²) in [6.07, 6.45) is 1.73. The maximum atomic E-state index is 6.44. The fourth-order valence-corrected chi connectivity index (χ4v) is 2.80. The van der Waals surface area contributed by atoms with Crippen LogP contribution < -0.4 is 15.2 Å². The minimum Gasteiger partial charge on any atom is -0.454 e. The molecular weight excluding hydrogens is 278 g/mol. The second kappa shape index (κ2) is 4.59. The van der Waals surface area contributed by atoms with Crippen LogP contribution in [-0.2, 0) is 7.05 Å². The number of aromatic nitrogens is 2. The summed E-state index contributed by atoms with van der Waals surface area (Å²) in [6.45, 7) is 4.39. The molecule has 6 heteroatoms. The Balaban J connectivity index is 2.33. The Hall–Kier alpha value is -1.88. The van der Waals surface area contributed by atoms with E-state index in [0.717, 1.165) is 22.4 Å². The first-order valence-corrected chi connectivity index (χ1v) is 6.78. The van der Waals surface area contributed by atoms with Crippen molar-refractivity contribution in [3.05, 3.63) is 22.8 Å². The van der Waals surface area contributed by atoms with E-state index in [4.69, 9.17) is 26.8 Å². The number of nitrogens with zero attached hydrogens (tertiary/aromatic N) is 2. The number of nitrogens with two attached hydrogens (primary N) is 1. The second-order valence-electron chi connectivity index (χ2n) is 5.10. The van der Waals surface area contributed by atoms with Crippen LogP contribution in [0.5, 0.6) is 11.5 Å². The van der Waals surface area contributed by atoms with Crippen molar-refractivity contribution < 1.29 is 9.47 Å². The SMILES string of the molecule is CC(C)c1c2c(cc(Cl)c1-c1cnn(C)c1N)OCO2. The summed E-state index contributed by atoms with van der Waals surface area (Å²) in [6, 6.07) is 1.78. The molecule has 0 saturated heterocycles. The molecule has 0 bridgehead atoms. The molecule has 1 aliphatic rings. The lowest BCUT2D eigenvalue weighted by Gasteiger charge is -2.17. The van der Waals surface area contributed by atoms with E-state index in [1.54, 1.807) is 24.0 Å². The lowest BCUT2D eigenvalue weighted by molar-refractivity contribution is 0.173. The Kier molecular flexibility index (Phi) is 3.01. The van der Waals surface area contributed by atoms with Gasteiger partial charge in [0, 0.05) is 29.8 Å². The zero-order valence-electron chi connectivity index (χ0n) is 11.6. The zero-order chi connectivity index (χ0) is 14.4. The number of ether oxygens (including phenoxy) is 2. The van der Waals surface area contributed by atoms with Crippen LogP contribution in [0.3, 0.4) is 0 Å². The Morgan fingerprint density at radius 3 is 2.75 bits per heavy atom. The number of hydrogen-bond acceptors (Lipinski definition) is 4. The van der Waals surface area contributed by atoms with Gasteiger partial charge in [0.05, 0.1) is 11.2 Å². The Morgan fingerprint density at radius 2 is 2.15 bits per heavy atom. The molecule has 1 aromatic carbocycles. The molecule has 3 rings (SSSR count). The first-order chi connectivity index (χ1) is 9.50. The average Bonchev–Trinajstić information content (AvgIpc) is 2.96. The molecule has 2 aromatic rings. The van der Waals surface area contributed by atoms with Gasteiger partial charge in [0.2, 0.25) is 6.79 Å². The molecule has 0 unspecified atom stereocenters. The van der Waals surface area contributed by atoms with E-state index < -0.39 is 0 Å². The third-order valence-corrected chi connectivity index (χ3v) is 3.78. The molecule has 0 radical (unpaired) electrons. The van der Waals surface area contributed by atoms with Gasteiger partial charge < -0.3 is 15.2 Å². The highest BCUT2D eigenvalue weighted by atomic mass is 35.5. The first-order valence-electron chi connectivity index (χ1n) is 6.40. The number of fused-ring (bicyclic) bond motifs is 1. The van der Waals surface area contributed by atoms with Crippen LogP contribution in [0.25, 0.3) is 11.1 Å². The molecule has 0 aliphatic carbocycles. The van der Waals surface area contributed by atoms with E-state index in [1.807, 2.05) is 0 Å². The van der Waals surface area contributed by atoms with Gasteiger partial charge in [-0.25, -0.2) is 0 Å². The topological polar surface area (TPSA) is 62.3 Å². The lowest BCUT2D eigenvalue weighted by Crippen LogP contribution is -2.01. The summed E-state index contributed by atoms with van der Waals surface area (Å²) in [4.78, 5) is 0. The van der Waals surface area contributed by atoms with Gasteiger partial charge in [-0.15, -0.1) is 0 Å². The van der Waals surface area contributed by atoms with Gasteiger partial charge in [-0.05, 0) is 5.92 Å². The summed E-state index contributed by atoms with van der Waals surface area (Å²) in [7, 11) is 1.80. The number of rotatable bonds is 2. The highest BCUT2D eigenvalue weighted by Crippen LogP contribution is 2.49. The standard InChI is InChI=1S/C14H16ClN3O2/c1-7(2)11-12(8-5-17-18(3)14(8)16)9(15)4-10-13(11)20-6-19-10/h4-5,7H,6,16H2,1-3H3. The number of nitrogen functional groups attached to an aromatic ring is 1. The minimum atomic E-state index is 0.220. The number of halogens is 1. The van der Waals surface area contributed by atoms with Crippen LogP contribution in [0.2, 0.25) is 5.02 Å². The lowest BCUT2D eigenvalue weighted by atomic mass is 9.92. The molecular formula is C14H16ClN3O2. The van der Waals surface area contributed by atoms with Crippen molar-refractivity contribution in [2.75, 3.05) is 12.5 Å². The molecule has 0 spiro atoms. The maximum Gasteiger partial charge on any atom is 0.231 e. The quantitative estimate of drug-likeness (QED) is 0.924. The fourth-order valence-electron chi connectivity index (χ4n) is 2.50. The molecule has 0 saturated carbocycles. The zero-order valence-corrected chi connectivity index (χ0v) is 12.4. The van der Waals surface area contributed by atoms with Crippen LogP contribution >= 0.6 is 11.6 Å². The molecule has 2 N–H and O–H groups in total. The smallest absolute Gasteiger partial charge is 0.231 e. The van der Waals surface area contributed by atoms with Crippen molar-refractivity contribution in [3.63, 3.8) is 0 Å².